The molecule has 1 saturated heterocycles. The minimum absolute atomic E-state index is 0.186. The molecule has 1 amide bonds. The Kier molecular flexibility index (Phi) is 7.82. The molecule has 2 aliphatic heterocycles. The third-order valence-electron chi connectivity index (χ3n) is 7.33. The first-order valence-corrected chi connectivity index (χ1v) is 16.9. The number of alkyl halides is 3. The fraction of sp³-hybridized carbons (Fsp3) is 0.500. The first kappa shape index (κ1) is 29.7. The molecule has 8 nitrogen and oxygen atoms in total. The zero-order chi connectivity index (χ0) is 29.9. The second-order valence-electron chi connectivity index (χ2n) is 11.7. The number of piperazine rings is 1. The Morgan fingerprint density at radius 1 is 1.10 bits per heavy atom. The maximum Gasteiger partial charge on any atom is 0.416 e. The van der Waals surface area contributed by atoms with E-state index in [1.807, 2.05) is 30.9 Å². The maximum absolute atomic E-state index is 14.2. The van der Waals surface area contributed by atoms with Crippen LogP contribution in [0.25, 0.3) is 10.9 Å². The van der Waals surface area contributed by atoms with Gasteiger partial charge in [0.15, 0.2) is 0 Å². The van der Waals surface area contributed by atoms with Gasteiger partial charge in [0, 0.05) is 47.7 Å². The molecule has 0 bridgehead atoms. The van der Waals surface area contributed by atoms with Gasteiger partial charge in [0.2, 0.25) is 0 Å². The van der Waals surface area contributed by atoms with Crippen LogP contribution < -0.4 is 10.6 Å². The Morgan fingerprint density at radius 2 is 1.78 bits per heavy atom. The molecule has 0 aliphatic carbocycles. The Labute approximate surface area is 246 Å². The molecular weight excluding hydrogens is 623 g/mol. The van der Waals surface area contributed by atoms with Crippen molar-refractivity contribution in [3.63, 3.8) is 0 Å². The molecular formula is C28H33BrF3N5O3S. The van der Waals surface area contributed by atoms with Crippen LogP contribution in [0.15, 0.2) is 46.2 Å². The van der Waals surface area contributed by atoms with Crippen molar-refractivity contribution in [2.24, 2.45) is 0 Å². The Balaban J connectivity index is 1.63. The average molecular weight is 657 g/mol. The van der Waals surface area contributed by atoms with Gasteiger partial charge in [-0.2, -0.15) is 27.5 Å². The van der Waals surface area contributed by atoms with E-state index in [0.29, 0.717) is 16.2 Å². The van der Waals surface area contributed by atoms with Crippen LogP contribution in [0.5, 0.6) is 0 Å². The smallest absolute Gasteiger partial charge is 0.416 e. The molecule has 41 heavy (non-hydrogen) atoms. The van der Waals surface area contributed by atoms with Crippen molar-refractivity contribution in [3.05, 3.63) is 58.3 Å². The second kappa shape index (κ2) is 10.8. The van der Waals surface area contributed by atoms with E-state index in [0.717, 1.165) is 17.8 Å². The van der Waals surface area contributed by atoms with E-state index in [-0.39, 0.29) is 48.8 Å². The number of anilines is 1. The van der Waals surface area contributed by atoms with Crippen LogP contribution in [0.2, 0.25) is 0 Å². The second-order valence-corrected chi connectivity index (χ2v) is 15.8. The number of ether oxygens (including phenoxy) is 1. The summed E-state index contributed by atoms with van der Waals surface area (Å²) in [7, 11) is -1.24. The highest BCUT2D eigenvalue weighted by Crippen LogP contribution is 2.53. The number of amides is 1. The summed E-state index contributed by atoms with van der Waals surface area (Å²) in [6.07, 6.45) is -3.37. The van der Waals surface area contributed by atoms with Crippen molar-refractivity contribution in [2.75, 3.05) is 23.7 Å². The summed E-state index contributed by atoms with van der Waals surface area (Å²) in [6, 6.07) is 7.12. The fourth-order valence-electron chi connectivity index (χ4n) is 5.68. The van der Waals surface area contributed by atoms with Gasteiger partial charge in [-0.1, -0.05) is 6.07 Å². The van der Waals surface area contributed by atoms with Gasteiger partial charge in [-0.3, -0.25) is 14.5 Å². The van der Waals surface area contributed by atoms with Crippen LogP contribution >= 0.6 is 24.1 Å². The first-order valence-electron chi connectivity index (χ1n) is 13.4. The van der Waals surface area contributed by atoms with E-state index in [2.05, 4.69) is 24.8 Å². The number of benzene rings is 1. The number of hydrogen-bond acceptors (Lipinski definition) is 6. The van der Waals surface area contributed by atoms with Gasteiger partial charge >= 0.3 is 18.0 Å². The topological polar surface area (TPSA) is 80.6 Å². The Hall–Kier alpha value is -2.80. The van der Waals surface area contributed by atoms with Crippen LogP contribution in [0.3, 0.4) is 0 Å². The highest BCUT2D eigenvalue weighted by atomic mass is 79.9. The van der Waals surface area contributed by atoms with E-state index >= 15 is 0 Å². The third-order valence-corrected chi connectivity index (χ3v) is 11.0. The average Bonchev–Trinajstić information content (AvgIpc) is 3.02. The van der Waals surface area contributed by atoms with E-state index in [1.165, 1.54) is 4.57 Å². The normalized spacial score (nSPS) is 24.3. The highest BCUT2D eigenvalue weighted by molar-refractivity contribution is 9.54. The molecule has 5 rings (SSSR count). The van der Waals surface area contributed by atoms with Crippen LogP contribution in [0, 0.1) is 0 Å². The number of carbonyl (C=O) groups excluding carboxylic acids is 1. The molecule has 3 aromatic rings. The van der Waals surface area contributed by atoms with Gasteiger partial charge in [-0.15, -0.1) is 0 Å². The van der Waals surface area contributed by atoms with Gasteiger partial charge in [-0.25, -0.2) is 9.59 Å². The quantitative estimate of drug-likeness (QED) is 0.336. The maximum atomic E-state index is 14.2. The van der Waals surface area contributed by atoms with Crippen molar-refractivity contribution in [1.82, 2.24) is 19.4 Å². The van der Waals surface area contributed by atoms with Crippen LogP contribution in [-0.4, -0.2) is 62.1 Å². The number of carbonyl (C=O) groups is 1. The molecule has 0 N–H and O–H groups in total. The van der Waals surface area contributed by atoms with Crippen molar-refractivity contribution >= 4 is 47.0 Å². The third kappa shape index (κ3) is 5.93. The molecule has 2 aromatic heterocycles. The summed E-state index contributed by atoms with van der Waals surface area (Å²) in [6.45, 7) is 9.89. The van der Waals surface area contributed by atoms with Crippen molar-refractivity contribution in [1.29, 1.82) is 0 Å². The molecule has 1 fully saturated rings. The molecule has 0 spiro atoms. The van der Waals surface area contributed by atoms with E-state index in [9.17, 15) is 22.8 Å². The number of aromatic nitrogens is 3. The molecule has 0 saturated carbocycles. The zero-order valence-electron chi connectivity index (χ0n) is 23.4. The minimum Gasteiger partial charge on any atom is -0.444 e. The molecule has 0 radical (unpaired) electrons. The summed E-state index contributed by atoms with van der Waals surface area (Å²) >= 11 is 3.71. The fourth-order valence-corrected chi connectivity index (χ4v) is 9.18. The molecule has 4 heterocycles. The summed E-state index contributed by atoms with van der Waals surface area (Å²) in [5.41, 5.74) is -0.752. The lowest BCUT2D eigenvalue weighted by Gasteiger charge is -2.45. The molecule has 1 unspecified atom stereocenters. The minimum atomic E-state index is -4.59. The summed E-state index contributed by atoms with van der Waals surface area (Å²) in [5.74, 6) is 0.527. The molecule has 13 heteroatoms. The predicted octanol–water partition coefficient (Wildman–Crippen LogP) is 6.11. The van der Waals surface area contributed by atoms with Crippen molar-refractivity contribution in [3.8, 4) is 0 Å². The molecule has 2 aliphatic rings. The number of nitrogens with zero attached hydrogens (tertiary/aromatic N) is 5. The lowest BCUT2D eigenvalue weighted by Crippen LogP contribution is -2.59. The van der Waals surface area contributed by atoms with E-state index in [4.69, 9.17) is 4.74 Å². The number of halogens is 4. The summed E-state index contributed by atoms with van der Waals surface area (Å²) < 4.78 is 49.7. The lowest BCUT2D eigenvalue weighted by molar-refractivity contribution is -0.137. The van der Waals surface area contributed by atoms with Crippen molar-refractivity contribution < 1.29 is 22.7 Å². The highest BCUT2D eigenvalue weighted by Gasteiger charge is 2.39. The van der Waals surface area contributed by atoms with E-state index in [1.54, 1.807) is 37.9 Å². The SMILES string of the molecule is C[C@@H]1CN(c2nc(=O)n3c4c(cc(C(F)(F)F)cc24)[SH](Br)C[C@H](c2ccccn2)C3)C[C@H](C)N1C(=O)OC(C)(C)C. The molecule has 222 valence electrons. The van der Waals surface area contributed by atoms with Gasteiger partial charge in [-0.05, 0) is 79.4 Å². The van der Waals surface area contributed by atoms with Gasteiger partial charge in [0.25, 0.3) is 0 Å². The van der Waals surface area contributed by atoms with E-state index < -0.39 is 38.5 Å². The monoisotopic (exact) mass is 655 g/mol. The number of pyridine rings is 1. The molecule has 1 aromatic carbocycles. The first-order chi connectivity index (χ1) is 19.1. The lowest BCUT2D eigenvalue weighted by atomic mass is 10.0. The number of thiol groups is 1. The van der Waals surface area contributed by atoms with Crippen LogP contribution in [-0.2, 0) is 17.5 Å². The van der Waals surface area contributed by atoms with Gasteiger partial charge < -0.3 is 9.64 Å². The van der Waals surface area contributed by atoms with Crippen molar-refractivity contribution in [2.45, 2.75) is 75.8 Å². The number of hydrogen-bond donors (Lipinski definition) is 1. The Bertz CT molecular complexity index is 1520. The standard InChI is InChI=1S/C28H33BrF3N5O3S/c1-16-12-35(13-17(2)37(16)26(39)40-27(3,4)5)24-20-10-19(28(30,31)32)11-22-23(20)36(25(38)34-24)14-18(15-41(22)29)21-8-6-7-9-33-21/h6-11,16-18,41H,12-15H2,1-5H3/t16-,17+,18-/m1/s1. The van der Waals surface area contributed by atoms with Gasteiger partial charge in [0.05, 0.1) is 23.2 Å². The number of rotatable bonds is 2. The predicted molar refractivity (Wildman–Crippen MR) is 158 cm³/mol. The zero-order valence-corrected chi connectivity index (χ0v) is 25.9. The van der Waals surface area contributed by atoms with Crippen LogP contribution in [0.4, 0.5) is 23.8 Å². The largest absolute Gasteiger partial charge is 0.444 e. The van der Waals surface area contributed by atoms with Gasteiger partial charge in [0.1, 0.15) is 11.4 Å². The molecule has 4 atom stereocenters. The Morgan fingerprint density at radius 3 is 2.37 bits per heavy atom. The summed E-state index contributed by atoms with van der Waals surface area (Å²) in [4.78, 5) is 39.3. The van der Waals surface area contributed by atoms with Crippen LogP contribution in [0.1, 0.15) is 51.8 Å². The summed E-state index contributed by atoms with van der Waals surface area (Å²) in [5, 5.41) is 0.271.